The Bertz CT molecular complexity index is 259. The van der Waals surface area contributed by atoms with Crippen molar-refractivity contribution in [1.82, 2.24) is 10.2 Å². The van der Waals surface area contributed by atoms with Crippen LogP contribution in [0.3, 0.4) is 0 Å². The summed E-state index contributed by atoms with van der Waals surface area (Å²) in [5.41, 5.74) is 0. The van der Waals surface area contributed by atoms with Crippen molar-refractivity contribution < 1.29 is 4.79 Å². The molecule has 0 spiro atoms. The Morgan fingerprint density at radius 1 is 1.18 bits per heavy atom. The molecule has 2 fully saturated rings. The lowest BCUT2D eigenvalue weighted by atomic mass is 9.95. The molecule has 1 heterocycles. The fourth-order valence-electron chi connectivity index (χ4n) is 3.28. The van der Waals surface area contributed by atoms with Crippen molar-refractivity contribution in [2.45, 2.75) is 83.5 Å². The van der Waals surface area contributed by atoms with Crippen molar-refractivity contribution in [3.63, 3.8) is 0 Å². The monoisotopic (exact) mass is 238 g/mol. The molecule has 1 saturated carbocycles. The second-order valence-corrected chi connectivity index (χ2v) is 5.56. The van der Waals surface area contributed by atoms with Crippen LogP contribution in [0.15, 0.2) is 0 Å². The average Bonchev–Trinajstić information content (AvgIpc) is 2.56. The Kier molecular flexibility index (Phi) is 4.43. The molecule has 1 N–H and O–H groups in total. The number of carbonyl (C=O) groups excluding carboxylic acids is 1. The number of rotatable bonds is 2. The zero-order valence-electron chi connectivity index (χ0n) is 11.2. The number of nitrogens with one attached hydrogen (secondary N) is 1. The SMILES string of the molecule is CCC1NC(C)C(=O)N1C1CCCCCCC1. The molecule has 0 aromatic carbocycles. The maximum atomic E-state index is 12.2. The lowest BCUT2D eigenvalue weighted by molar-refractivity contribution is -0.132. The molecule has 17 heavy (non-hydrogen) atoms. The van der Waals surface area contributed by atoms with Crippen molar-refractivity contribution in [1.29, 1.82) is 0 Å². The van der Waals surface area contributed by atoms with Crippen molar-refractivity contribution in [2.75, 3.05) is 0 Å². The van der Waals surface area contributed by atoms with E-state index in [1.54, 1.807) is 0 Å². The quantitative estimate of drug-likeness (QED) is 0.802. The Hall–Kier alpha value is -0.570. The maximum absolute atomic E-state index is 12.2. The molecule has 1 saturated heterocycles. The lowest BCUT2D eigenvalue weighted by Crippen LogP contribution is -2.44. The van der Waals surface area contributed by atoms with Crippen LogP contribution in [0.5, 0.6) is 0 Å². The molecular weight excluding hydrogens is 212 g/mol. The van der Waals surface area contributed by atoms with E-state index in [9.17, 15) is 4.79 Å². The summed E-state index contributed by atoms with van der Waals surface area (Å²) in [4.78, 5) is 14.4. The van der Waals surface area contributed by atoms with Crippen LogP contribution < -0.4 is 5.32 Å². The van der Waals surface area contributed by atoms with E-state index in [1.807, 2.05) is 6.92 Å². The second kappa shape index (κ2) is 5.85. The number of hydrogen-bond acceptors (Lipinski definition) is 2. The molecule has 1 amide bonds. The van der Waals surface area contributed by atoms with Gasteiger partial charge in [0.15, 0.2) is 0 Å². The van der Waals surface area contributed by atoms with E-state index in [0.29, 0.717) is 11.9 Å². The minimum atomic E-state index is 0.0189. The maximum Gasteiger partial charge on any atom is 0.240 e. The molecule has 0 aromatic rings. The van der Waals surface area contributed by atoms with Gasteiger partial charge in [-0.1, -0.05) is 39.0 Å². The van der Waals surface area contributed by atoms with Gasteiger partial charge in [-0.15, -0.1) is 0 Å². The molecule has 3 nitrogen and oxygen atoms in total. The summed E-state index contributed by atoms with van der Waals surface area (Å²) in [6.45, 7) is 4.16. The topological polar surface area (TPSA) is 32.3 Å². The number of nitrogens with zero attached hydrogens (tertiary/aromatic N) is 1. The first-order valence-corrected chi connectivity index (χ1v) is 7.32. The van der Waals surface area contributed by atoms with Gasteiger partial charge in [0.05, 0.1) is 12.2 Å². The van der Waals surface area contributed by atoms with Gasteiger partial charge in [0, 0.05) is 6.04 Å². The Morgan fingerprint density at radius 3 is 2.35 bits per heavy atom. The third-order valence-electron chi connectivity index (χ3n) is 4.26. The van der Waals surface area contributed by atoms with Gasteiger partial charge in [0.25, 0.3) is 0 Å². The summed E-state index contributed by atoms with van der Waals surface area (Å²) in [6.07, 6.45) is 10.4. The van der Waals surface area contributed by atoms with Gasteiger partial charge in [0.1, 0.15) is 0 Å². The molecule has 2 aliphatic rings. The normalized spacial score (nSPS) is 32.6. The van der Waals surface area contributed by atoms with Gasteiger partial charge in [0.2, 0.25) is 5.91 Å². The van der Waals surface area contributed by atoms with E-state index >= 15 is 0 Å². The van der Waals surface area contributed by atoms with Crippen LogP contribution in [-0.4, -0.2) is 29.1 Å². The minimum Gasteiger partial charge on any atom is -0.323 e. The summed E-state index contributed by atoms with van der Waals surface area (Å²) in [6, 6.07) is 0.510. The molecule has 0 radical (unpaired) electrons. The van der Waals surface area contributed by atoms with E-state index < -0.39 is 0 Å². The third-order valence-corrected chi connectivity index (χ3v) is 4.26. The second-order valence-electron chi connectivity index (χ2n) is 5.56. The van der Waals surface area contributed by atoms with E-state index in [0.717, 1.165) is 6.42 Å². The molecule has 1 aliphatic carbocycles. The lowest BCUT2D eigenvalue weighted by Gasteiger charge is -2.33. The van der Waals surface area contributed by atoms with E-state index in [-0.39, 0.29) is 12.2 Å². The molecule has 2 unspecified atom stereocenters. The standard InChI is InChI=1S/C14H26N2O/c1-3-13-15-11(2)14(17)16(13)12-9-7-5-4-6-8-10-12/h11-13,15H,3-10H2,1-2H3. The van der Waals surface area contributed by atoms with Crippen molar-refractivity contribution in [3.8, 4) is 0 Å². The summed E-state index contributed by atoms with van der Waals surface area (Å²) in [5, 5.41) is 3.41. The number of amides is 1. The first-order chi connectivity index (χ1) is 8.24. The fraction of sp³-hybridized carbons (Fsp3) is 0.929. The zero-order valence-corrected chi connectivity index (χ0v) is 11.2. The zero-order chi connectivity index (χ0) is 12.3. The molecular formula is C14H26N2O. The average molecular weight is 238 g/mol. The predicted octanol–water partition coefficient (Wildman–Crippen LogP) is 2.66. The van der Waals surface area contributed by atoms with Gasteiger partial charge in [-0.3, -0.25) is 10.1 Å². The van der Waals surface area contributed by atoms with Crippen molar-refractivity contribution in [3.05, 3.63) is 0 Å². The molecule has 2 atom stereocenters. The molecule has 2 rings (SSSR count). The molecule has 3 heteroatoms. The Labute approximate surface area is 105 Å². The summed E-state index contributed by atoms with van der Waals surface area (Å²) in [7, 11) is 0. The number of carbonyl (C=O) groups is 1. The molecule has 0 aromatic heterocycles. The van der Waals surface area contributed by atoms with Crippen molar-refractivity contribution >= 4 is 5.91 Å². The van der Waals surface area contributed by atoms with E-state index in [4.69, 9.17) is 0 Å². The predicted molar refractivity (Wildman–Crippen MR) is 69.6 cm³/mol. The van der Waals surface area contributed by atoms with Gasteiger partial charge >= 0.3 is 0 Å². The van der Waals surface area contributed by atoms with Crippen LogP contribution in [0.2, 0.25) is 0 Å². The van der Waals surface area contributed by atoms with Gasteiger partial charge in [-0.2, -0.15) is 0 Å². The molecule has 1 aliphatic heterocycles. The highest BCUT2D eigenvalue weighted by atomic mass is 16.2. The van der Waals surface area contributed by atoms with E-state index in [2.05, 4.69) is 17.1 Å². The number of hydrogen-bond donors (Lipinski definition) is 1. The molecule has 98 valence electrons. The van der Waals surface area contributed by atoms with Gasteiger partial charge in [-0.05, 0) is 26.2 Å². The highest BCUT2D eigenvalue weighted by molar-refractivity contribution is 5.84. The molecule has 0 bridgehead atoms. The summed E-state index contributed by atoms with van der Waals surface area (Å²) >= 11 is 0. The summed E-state index contributed by atoms with van der Waals surface area (Å²) in [5.74, 6) is 0.322. The highest BCUT2D eigenvalue weighted by Gasteiger charge is 2.38. The third kappa shape index (κ3) is 2.82. The van der Waals surface area contributed by atoms with Gasteiger partial charge < -0.3 is 4.90 Å². The van der Waals surface area contributed by atoms with Gasteiger partial charge in [-0.25, -0.2) is 0 Å². The Morgan fingerprint density at radius 2 is 1.76 bits per heavy atom. The first kappa shape index (κ1) is 12.9. The van der Waals surface area contributed by atoms with Crippen LogP contribution in [-0.2, 0) is 4.79 Å². The van der Waals surface area contributed by atoms with E-state index in [1.165, 1.54) is 44.9 Å². The largest absolute Gasteiger partial charge is 0.323 e. The Balaban J connectivity index is 2.04. The summed E-state index contributed by atoms with van der Waals surface area (Å²) < 4.78 is 0. The van der Waals surface area contributed by atoms with Crippen molar-refractivity contribution in [2.24, 2.45) is 0 Å². The van der Waals surface area contributed by atoms with Crippen LogP contribution >= 0.6 is 0 Å². The minimum absolute atomic E-state index is 0.0189. The smallest absolute Gasteiger partial charge is 0.240 e. The van der Waals surface area contributed by atoms with Crippen LogP contribution in [0.1, 0.15) is 65.2 Å². The highest BCUT2D eigenvalue weighted by Crippen LogP contribution is 2.26. The first-order valence-electron chi connectivity index (χ1n) is 7.32. The van der Waals surface area contributed by atoms with Crippen LogP contribution in [0, 0.1) is 0 Å². The van der Waals surface area contributed by atoms with Crippen LogP contribution in [0.25, 0.3) is 0 Å². The fourth-order valence-corrected chi connectivity index (χ4v) is 3.28. The van der Waals surface area contributed by atoms with Crippen LogP contribution in [0.4, 0.5) is 0 Å².